The van der Waals surface area contributed by atoms with Crippen LogP contribution in [0.2, 0.25) is 0 Å². The van der Waals surface area contributed by atoms with Crippen LogP contribution in [0.4, 0.5) is 0 Å². The number of methoxy groups -OCH3 is 1. The zero-order valence-corrected chi connectivity index (χ0v) is 8.99. The third kappa shape index (κ3) is 1.47. The lowest BCUT2D eigenvalue weighted by molar-refractivity contribution is 0.235. The summed E-state index contributed by atoms with van der Waals surface area (Å²) in [5.41, 5.74) is 6.66. The average Bonchev–Trinajstić information content (AvgIpc) is 2.19. The molecule has 0 heterocycles. The second-order valence-corrected chi connectivity index (χ2v) is 4.19. The summed E-state index contributed by atoms with van der Waals surface area (Å²) in [5.74, 6) is 1.06. The van der Waals surface area contributed by atoms with E-state index in [4.69, 9.17) is 10.5 Å². The zero-order valence-electron chi connectivity index (χ0n) is 8.99. The van der Waals surface area contributed by atoms with E-state index >= 15 is 0 Å². The molecule has 1 fully saturated rings. The molecular weight excluding hydrogens is 190 g/mol. The van der Waals surface area contributed by atoms with E-state index < -0.39 is 0 Å². The summed E-state index contributed by atoms with van der Waals surface area (Å²) in [5, 5.41) is 9.92. The first-order valence-corrected chi connectivity index (χ1v) is 5.30. The van der Waals surface area contributed by atoms with Gasteiger partial charge in [0.15, 0.2) is 0 Å². The molecule has 3 N–H and O–H groups in total. The summed E-state index contributed by atoms with van der Waals surface area (Å²) in [4.78, 5) is 0. The van der Waals surface area contributed by atoms with Gasteiger partial charge in [-0.3, -0.25) is 0 Å². The molecular formula is C12H17NO2. The van der Waals surface area contributed by atoms with Crippen molar-refractivity contribution in [3.8, 4) is 11.5 Å². The Hall–Kier alpha value is -1.22. The SMILES string of the molecule is COc1cccc(O)c1C1(CN)CCC1. The number of phenols is 1. The third-order valence-electron chi connectivity index (χ3n) is 3.46. The predicted molar refractivity (Wildman–Crippen MR) is 59.2 cm³/mol. The van der Waals surface area contributed by atoms with Gasteiger partial charge in [-0.1, -0.05) is 12.5 Å². The van der Waals surface area contributed by atoms with Gasteiger partial charge in [0.2, 0.25) is 0 Å². The van der Waals surface area contributed by atoms with Gasteiger partial charge in [-0.15, -0.1) is 0 Å². The van der Waals surface area contributed by atoms with E-state index in [1.807, 2.05) is 6.07 Å². The van der Waals surface area contributed by atoms with Crippen LogP contribution in [0.1, 0.15) is 24.8 Å². The summed E-state index contributed by atoms with van der Waals surface area (Å²) >= 11 is 0. The minimum atomic E-state index is -0.0588. The summed E-state index contributed by atoms with van der Waals surface area (Å²) < 4.78 is 5.29. The lowest BCUT2D eigenvalue weighted by Gasteiger charge is -2.42. The molecule has 0 saturated heterocycles. The summed E-state index contributed by atoms with van der Waals surface area (Å²) in [6.07, 6.45) is 3.25. The molecule has 0 spiro atoms. The van der Waals surface area contributed by atoms with Crippen LogP contribution in [-0.4, -0.2) is 18.8 Å². The smallest absolute Gasteiger partial charge is 0.126 e. The van der Waals surface area contributed by atoms with Crippen molar-refractivity contribution in [1.29, 1.82) is 0 Å². The van der Waals surface area contributed by atoms with E-state index in [-0.39, 0.29) is 5.41 Å². The zero-order chi connectivity index (χ0) is 10.9. The Morgan fingerprint density at radius 2 is 2.20 bits per heavy atom. The van der Waals surface area contributed by atoms with Gasteiger partial charge >= 0.3 is 0 Å². The Balaban J connectivity index is 2.49. The Bertz CT molecular complexity index is 353. The molecule has 1 aliphatic rings. The predicted octanol–water partition coefficient (Wildman–Crippen LogP) is 1.78. The van der Waals surface area contributed by atoms with Crippen LogP contribution in [0, 0.1) is 0 Å². The molecule has 15 heavy (non-hydrogen) atoms. The molecule has 0 unspecified atom stereocenters. The summed E-state index contributed by atoms with van der Waals surface area (Å²) in [7, 11) is 1.63. The van der Waals surface area contributed by atoms with Crippen LogP contribution in [-0.2, 0) is 5.41 Å². The normalized spacial score (nSPS) is 18.3. The number of aromatic hydroxyl groups is 1. The Labute approximate surface area is 89.9 Å². The molecule has 2 rings (SSSR count). The van der Waals surface area contributed by atoms with Gasteiger partial charge in [-0.2, -0.15) is 0 Å². The van der Waals surface area contributed by atoms with E-state index in [0.717, 1.165) is 24.2 Å². The lowest BCUT2D eigenvalue weighted by atomic mass is 9.64. The second-order valence-electron chi connectivity index (χ2n) is 4.19. The molecule has 0 bridgehead atoms. The fourth-order valence-corrected chi connectivity index (χ4v) is 2.38. The topological polar surface area (TPSA) is 55.5 Å². The molecule has 0 amide bonds. The maximum absolute atomic E-state index is 9.92. The average molecular weight is 207 g/mol. The molecule has 0 aromatic heterocycles. The van der Waals surface area contributed by atoms with E-state index in [9.17, 15) is 5.11 Å². The van der Waals surface area contributed by atoms with Gasteiger partial charge in [-0.05, 0) is 25.0 Å². The largest absolute Gasteiger partial charge is 0.508 e. The summed E-state index contributed by atoms with van der Waals surface area (Å²) in [6.45, 7) is 0.570. The highest BCUT2D eigenvalue weighted by Crippen LogP contribution is 2.49. The Morgan fingerprint density at radius 3 is 2.67 bits per heavy atom. The number of benzene rings is 1. The summed E-state index contributed by atoms with van der Waals surface area (Å²) in [6, 6.07) is 5.37. The van der Waals surface area contributed by atoms with Gasteiger partial charge in [0.25, 0.3) is 0 Å². The number of rotatable bonds is 3. The number of phenolic OH excluding ortho intramolecular Hbond substituents is 1. The van der Waals surface area contributed by atoms with Crippen LogP contribution in [0.15, 0.2) is 18.2 Å². The van der Waals surface area contributed by atoms with E-state index in [1.54, 1.807) is 19.2 Å². The van der Waals surface area contributed by atoms with Crippen molar-refractivity contribution < 1.29 is 9.84 Å². The van der Waals surface area contributed by atoms with Gasteiger partial charge < -0.3 is 15.6 Å². The van der Waals surface area contributed by atoms with Crippen molar-refractivity contribution in [3.05, 3.63) is 23.8 Å². The minimum Gasteiger partial charge on any atom is -0.508 e. The van der Waals surface area contributed by atoms with E-state index in [0.29, 0.717) is 12.3 Å². The fraction of sp³-hybridized carbons (Fsp3) is 0.500. The molecule has 3 heteroatoms. The first-order valence-electron chi connectivity index (χ1n) is 5.30. The van der Waals surface area contributed by atoms with Crippen LogP contribution in [0.25, 0.3) is 0 Å². The molecule has 1 saturated carbocycles. The van der Waals surface area contributed by atoms with Crippen LogP contribution < -0.4 is 10.5 Å². The number of nitrogens with two attached hydrogens (primary N) is 1. The Morgan fingerprint density at radius 1 is 1.47 bits per heavy atom. The van der Waals surface area contributed by atoms with Crippen molar-refractivity contribution in [2.24, 2.45) is 5.73 Å². The maximum atomic E-state index is 9.92. The van der Waals surface area contributed by atoms with Gasteiger partial charge in [0, 0.05) is 17.5 Å². The standard InChI is InChI=1S/C12H17NO2/c1-15-10-5-2-4-9(14)11(10)12(8-13)6-3-7-12/h2,4-5,14H,3,6-8,13H2,1H3. The molecule has 0 radical (unpaired) electrons. The van der Waals surface area contributed by atoms with Crippen molar-refractivity contribution in [3.63, 3.8) is 0 Å². The highest BCUT2D eigenvalue weighted by Gasteiger charge is 2.41. The lowest BCUT2D eigenvalue weighted by Crippen LogP contribution is -2.41. The van der Waals surface area contributed by atoms with Gasteiger partial charge in [0.05, 0.1) is 7.11 Å². The Kier molecular flexibility index (Phi) is 2.57. The maximum Gasteiger partial charge on any atom is 0.126 e. The first kappa shape index (κ1) is 10.3. The highest BCUT2D eigenvalue weighted by atomic mass is 16.5. The number of hydrogen-bond acceptors (Lipinski definition) is 3. The molecule has 1 aliphatic carbocycles. The number of ether oxygens (including phenoxy) is 1. The van der Waals surface area contributed by atoms with Gasteiger partial charge in [-0.25, -0.2) is 0 Å². The monoisotopic (exact) mass is 207 g/mol. The van der Waals surface area contributed by atoms with E-state index in [1.165, 1.54) is 6.42 Å². The van der Waals surface area contributed by atoms with Crippen molar-refractivity contribution in [2.75, 3.05) is 13.7 Å². The van der Waals surface area contributed by atoms with Crippen molar-refractivity contribution in [2.45, 2.75) is 24.7 Å². The fourth-order valence-electron chi connectivity index (χ4n) is 2.38. The van der Waals surface area contributed by atoms with Crippen LogP contribution >= 0.6 is 0 Å². The quantitative estimate of drug-likeness (QED) is 0.794. The third-order valence-corrected chi connectivity index (χ3v) is 3.46. The second kappa shape index (κ2) is 3.74. The minimum absolute atomic E-state index is 0.0588. The molecule has 0 atom stereocenters. The molecule has 1 aromatic rings. The molecule has 0 aliphatic heterocycles. The molecule has 3 nitrogen and oxygen atoms in total. The first-order chi connectivity index (χ1) is 7.23. The van der Waals surface area contributed by atoms with Crippen molar-refractivity contribution in [1.82, 2.24) is 0 Å². The van der Waals surface area contributed by atoms with Crippen LogP contribution in [0.5, 0.6) is 11.5 Å². The van der Waals surface area contributed by atoms with Gasteiger partial charge in [0.1, 0.15) is 11.5 Å². The molecule has 82 valence electrons. The van der Waals surface area contributed by atoms with Crippen LogP contribution in [0.3, 0.4) is 0 Å². The van der Waals surface area contributed by atoms with E-state index in [2.05, 4.69) is 0 Å². The molecule has 1 aromatic carbocycles. The van der Waals surface area contributed by atoms with Crippen molar-refractivity contribution >= 4 is 0 Å². The number of hydrogen-bond donors (Lipinski definition) is 2. The highest BCUT2D eigenvalue weighted by molar-refractivity contribution is 5.50.